The van der Waals surface area contributed by atoms with Gasteiger partial charge in [-0.3, -0.25) is 4.79 Å². The Kier molecular flexibility index (Phi) is 6.73. The molecule has 1 atom stereocenters. The zero-order valence-electron chi connectivity index (χ0n) is 14.6. The van der Waals surface area contributed by atoms with Gasteiger partial charge in [-0.05, 0) is 31.0 Å². The maximum absolute atomic E-state index is 13.0. The zero-order valence-corrected chi connectivity index (χ0v) is 15.4. The fraction of sp³-hybridized carbons (Fsp3) is 0.316. The third-order valence-corrected chi connectivity index (χ3v) is 5.73. The second-order valence-corrected chi connectivity index (χ2v) is 7.89. The summed E-state index contributed by atoms with van der Waals surface area (Å²) in [6.07, 6.45) is 0.788. The molecule has 0 heterocycles. The number of hydrogen-bond acceptors (Lipinski definition) is 3. The fourth-order valence-corrected chi connectivity index (χ4v) is 3.74. The summed E-state index contributed by atoms with van der Waals surface area (Å²) in [6, 6.07) is 17.5. The highest BCUT2D eigenvalue weighted by molar-refractivity contribution is 7.89. The maximum atomic E-state index is 13.0. The molecule has 0 aliphatic carbocycles. The standard InChI is InChI=1S/C19H24N2O3S/c1-3-16(2)20-19(22)15-21(14-17-10-6-4-7-11-17)25(23,24)18-12-8-5-9-13-18/h4-13,16H,3,14-15H2,1-2H3,(H,20,22). The van der Waals surface area contributed by atoms with Crippen molar-refractivity contribution < 1.29 is 13.2 Å². The molecule has 0 aliphatic heterocycles. The fourth-order valence-electron chi connectivity index (χ4n) is 2.34. The number of carbonyl (C=O) groups is 1. The lowest BCUT2D eigenvalue weighted by Gasteiger charge is -2.23. The molecule has 0 bridgehead atoms. The van der Waals surface area contributed by atoms with Crippen LogP contribution in [0.4, 0.5) is 0 Å². The number of nitrogens with zero attached hydrogens (tertiary/aromatic N) is 1. The van der Waals surface area contributed by atoms with E-state index in [4.69, 9.17) is 0 Å². The van der Waals surface area contributed by atoms with E-state index >= 15 is 0 Å². The molecule has 1 N–H and O–H groups in total. The molecule has 5 nitrogen and oxygen atoms in total. The highest BCUT2D eigenvalue weighted by Gasteiger charge is 2.27. The topological polar surface area (TPSA) is 66.5 Å². The molecule has 0 saturated heterocycles. The first-order valence-electron chi connectivity index (χ1n) is 8.32. The Morgan fingerprint density at radius 1 is 1.04 bits per heavy atom. The molecule has 0 spiro atoms. The highest BCUT2D eigenvalue weighted by Crippen LogP contribution is 2.18. The van der Waals surface area contributed by atoms with Crippen molar-refractivity contribution in [2.75, 3.05) is 6.54 Å². The van der Waals surface area contributed by atoms with Crippen LogP contribution in [0.5, 0.6) is 0 Å². The molecule has 2 rings (SSSR count). The van der Waals surface area contributed by atoms with Crippen molar-refractivity contribution in [3.05, 3.63) is 66.2 Å². The largest absolute Gasteiger partial charge is 0.353 e. The van der Waals surface area contributed by atoms with Crippen LogP contribution in [0.25, 0.3) is 0 Å². The van der Waals surface area contributed by atoms with Gasteiger partial charge in [-0.2, -0.15) is 4.31 Å². The summed E-state index contributed by atoms with van der Waals surface area (Å²) in [6.45, 7) is 3.79. The van der Waals surface area contributed by atoms with Crippen LogP contribution >= 0.6 is 0 Å². The van der Waals surface area contributed by atoms with E-state index in [9.17, 15) is 13.2 Å². The van der Waals surface area contributed by atoms with Gasteiger partial charge in [0.2, 0.25) is 15.9 Å². The van der Waals surface area contributed by atoms with Crippen LogP contribution in [-0.2, 0) is 21.4 Å². The van der Waals surface area contributed by atoms with Gasteiger partial charge >= 0.3 is 0 Å². The average Bonchev–Trinajstić information content (AvgIpc) is 2.62. The van der Waals surface area contributed by atoms with Crippen molar-refractivity contribution in [3.63, 3.8) is 0 Å². The SMILES string of the molecule is CCC(C)NC(=O)CN(Cc1ccccc1)S(=O)(=O)c1ccccc1. The lowest BCUT2D eigenvalue weighted by Crippen LogP contribution is -2.42. The van der Waals surface area contributed by atoms with E-state index in [1.54, 1.807) is 30.3 Å². The van der Waals surface area contributed by atoms with E-state index < -0.39 is 10.0 Å². The predicted molar refractivity (Wildman–Crippen MR) is 98.4 cm³/mol. The molecule has 1 amide bonds. The van der Waals surface area contributed by atoms with Gasteiger partial charge < -0.3 is 5.32 Å². The van der Waals surface area contributed by atoms with Crippen LogP contribution in [0.1, 0.15) is 25.8 Å². The highest BCUT2D eigenvalue weighted by atomic mass is 32.2. The van der Waals surface area contributed by atoms with Gasteiger partial charge in [-0.25, -0.2) is 8.42 Å². The second kappa shape index (κ2) is 8.78. The summed E-state index contributed by atoms with van der Waals surface area (Å²) in [5, 5.41) is 2.82. The summed E-state index contributed by atoms with van der Waals surface area (Å²) in [5.41, 5.74) is 0.832. The van der Waals surface area contributed by atoms with Crippen LogP contribution in [0.15, 0.2) is 65.6 Å². The first kappa shape index (κ1) is 19.1. The number of nitrogens with one attached hydrogen (secondary N) is 1. The van der Waals surface area contributed by atoms with Crippen molar-refractivity contribution in [1.82, 2.24) is 9.62 Å². The zero-order chi connectivity index (χ0) is 18.3. The average molecular weight is 360 g/mol. The first-order valence-corrected chi connectivity index (χ1v) is 9.76. The normalized spacial score (nSPS) is 12.8. The Balaban J connectivity index is 2.27. The minimum absolute atomic E-state index is 0.00510. The lowest BCUT2D eigenvalue weighted by atomic mass is 10.2. The number of carbonyl (C=O) groups excluding carboxylic acids is 1. The minimum Gasteiger partial charge on any atom is -0.353 e. The molecule has 25 heavy (non-hydrogen) atoms. The Labute approximate surface area is 149 Å². The molecule has 0 aliphatic rings. The van der Waals surface area contributed by atoms with Gasteiger partial charge in [0.25, 0.3) is 0 Å². The Morgan fingerprint density at radius 3 is 2.16 bits per heavy atom. The Bertz CT molecular complexity index is 777. The summed E-state index contributed by atoms with van der Waals surface area (Å²) >= 11 is 0. The molecule has 0 fully saturated rings. The number of benzene rings is 2. The van der Waals surface area contributed by atoms with Crippen molar-refractivity contribution in [2.45, 2.75) is 37.8 Å². The number of sulfonamides is 1. The quantitative estimate of drug-likeness (QED) is 0.787. The third kappa shape index (κ3) is 5.41. The molecule has 2 aromatic rings. The molecule has 2 aromatic carbocycles. The van der Waals surface area contributed by atoms with Gasteiger partial charge in [0.1, 0.15) is 0 Å². The molecular weight excluding hydrogens is 336 g/mol. The van der Waals surface area contributed by atoms with E-state index in [-0.39, 0.29) is 29.9 Å². The third-order valence-electron chi connectivity index (χ3n) is 3.92. The maximum Gasteiger partial charge on any atom is 0.243 e. The first-order chi connectivity index (χ1) is 11.9. The Morgan fingerprint density at radius 2 is 1.60 bits per heavy atom. The minimum atomic E-state index is -3.76. The van der Waals surface area contributed by atoms with Crippen LogP contribution in [0, 0.1) is 0 Å². The van der Waals surface area contributed by atoms with E-state index in [1.165, 1.54) is 4.31 Å². The van der Waals surface area contributed by atoms with Crippen LogP contribution < -0.4 is 5.32 Å². The van der Waals surface area contributed by atoms with E-state index in [0.29, 0.717) is 0 Å². The van der Waals surface area contributed by atoms with Gasteiger partial charge in [-0.15, -0.1) is 0 Å². The predicted octanol–water partition coefficient (Wildman–Crippen LogP) is 2.79. The van der Waals surface area contributed by atoms with E-state index in [1.807, 2.05) is 44.2 Å². The van der Waals surface area contributed by atoms with Crippen molar-refractivity contribution in [2.24, 2.45) is 0 Å². The van der Waals surface area contributed by atoms with E-state index in [0.717, 1.165) is 12.0 Å². The van der Waals surface area contributed by atoms with Crippen molar-refractivity contribution >= 4 is 15.9 Å². The smallest absolute Gasteiger partial charge is 0.243 e. The lowest BCUT2D eigenvalue weighted by molar-refractivity contribution is -0.122. The molecule has 0 saturated carbocycles. The van der Waals surface area contributed by atoms with Gasteiger partial charge in [-0.1, -0.05) is 55.5 Å². The monoisotopic (exact) mass is 360 g/mol. The van der Waals surface area contributed by atoms with Gasteiger partial charge in [0.15, 0.2) is 0 Å². The van der Waals surface area contributed by atoms with Crippen molar-refractivity contribution in [1.29, 1.82) is 0 Å². The summed E-state index contributed by atoms with van der Waals surface area (Å²) < 4.78 is 27.2. The molecule has 0 radical (unpaired) electrons. The van der Waals surface area contributed by atoms with E-state index in [2.05, 4.69) is 5.32 Å². The molecule has 6 heteroatoms. The van der Waals surface area contributed by atoms with Crippen LogP contribution in [0.2, 0.25) is 0 Å². The van der Waals surface area contributed by atoms with Crippen LogP contribution in [-0.4, -0.2) is 31.2 Å². The summed E-state index contributed by atoms with van der Waals surface area (Å²) in [7, 11) is -3.76. The van der Waals surface area contributed by atoms with Gasteiger partial charge in [0.05, 0.1) is 11.4 Å². The van der Waals surface area contributed by atoms with Gasteiger partial charge in [0, 0.05) is 12.6 Å². The summed E-state index contributed by atoms with van der Waals surface area (Å²) in [5.74, 6) is -0.301. The second-order valence-electron chi connectivity index (χ2n) is 5.95. The number of amides is 1. The number of rotatable bonds is 8. The molecule has 134 valence electrons. The summed E-state index contributed by atoms with van der Waals surface area (Å²) in [4.78, 5) is 12.5. The van der Waals surface area contributed by atoms with Crippen LogP contribution in [0.3, 0.4) is 0 Å². The molecular formula is C19H24N2O3S. The molecule has 0 aromatic heterocycles. The Hall–Kier alpha value is -2.18. The number of hydrogen-bond donors (Lipinski definition) is 1. The molecule has 1 unspecified atom stereocenters. The van der Waals surface area contributed by atoms with Crippen molar-refractivity contribution in [3.8, 4) is 0 Å².